The van der Waals surface area contributed by atoms with Crippen LogP contribution in [-0.2, 0) is 6.54 Å². The summed E-state index contributed by atoms with van der Waals surface area (Å²) in [6.45, 7) is 4.00. The number of hydrogen-bond donors (Lipinski definition) is 2. The van der Waals surface area contributed by atoms with Crippen LogP contribution in [0.4, 0.5) is 0 Å². The van der Waals surface area contributed by atoms with Gasteiger partial charge in [0.2, 0.25) is 0 Å². The molecule has 1 heterocycles. The monoisotopic (exact) mass is 338 g/mol. The van der Waals surface area contributed by atoms with Gasteiger partial charge >= 0.3 is 0 Å². The summed E-state index contributed by atoms with van der Waals surface area (Å²) < 4.78 is 1.19. The van der Waals surface area contributed by atoms with Crippen LogP contribution in [0.2, 0.25) is 0 Å². The molecule has 2 aromatic rings. The molecular formula is C15H19BrN2S. The summed E-state index contributed by atoms with van der Waals surface area (Å²) >= 11 is 5.31. The molecule has 0 radical (unpaired) electrons. The van der Waals surface area contributed by atoms with E-state index in [1.54, 1.807) is 11.3 Å². The first-order valence-electron chi connectivity index (χ1n) is 6.41. The van der Waals surface area contributed by atoms with Gasteiger partial charge in [-0.25, -0.2) is 0 Å². The van der Waals surface area contributed by atoms with Crippen LogP contribution in [-0.4, -0.2) is 6.54 Å². The molecule has 0 aliphatic heterocycles. The third kappa shape index (κ3) is 4.14. The largest absolute Gasteiger partial charge is 0.324 e. The molecule has 19 heavy (non-hydrogen) atoms. The van der Waals surface area contributed by atoms with Gasteiger partial charge in [0.05, 0.1) is 0 Å². The highest BCUT2D eigenvalue weighted by Gasteiger charge is 2.14. The van der Waals surface area contributed by atoms with Gasteiger partial charge in [0, 0.05) is 21.9 Å². The van der Waals surface area contributed by atoms with E-state index in [1.807, 2.05) is 18.2 Å². The van der Waals surface area contributed by atoms with E-state index in [0.29, 0.717) is 5.92 Å². The molecule has 4 heteroatoms. The van der Waals surface area contributed by atoms with Gasteiger partial charge in [-0.2, -0.15) is 0 Å². The minimum Gasteiger partial charge on any atom is -0.324 e. The van der Waals surface area contributed by atoms with Gasteiger partial charge in [-0.1, -0.05) is 37.3 Å². The van der Waals surface area contributed by atoms with E-state index < -0.39 is 0 Å². The fourth-order valence-electron chi connectivity index (χ4n) is 2.00. The van der Waals surface area contributed by atoms with E-state index in [1.165, 1.54) is 14.9 Å². The average Bonchev–Trinajstić information content (AvgIpc) is 2.84. The van der Waals surface area contributed by atoms with Gasteiger partial charge in [0.15, 0.2) is 0 Å². The predicted octanol–water partition coefficient (Wildman–Crippen LogP) is 3.94. The molecule has 102 valence electrons. The molecule has 0 amide bonds. The van der Waals surface area contributed by atoms with E-state index in [4.69, 9.17) is 5.73 Å². The summed E-state index contributed by atoms with van der Waals surface area (Å²) in [4.78, 5) is 1.33. The molecule has 0 aliphatic carbocycles. The number of thiophene rings is 1. The molecule has 1 aromatic heterocycles. The summed E-state index contributed by atoms with van der Waals surface area (Å²) in [5, 5.41) is 5.58. The van der Waals surface area contributed by atoms with Crippen LogP contribution in [0.1, 0.15) is 23.4 Å². The van der Waals surface area contributed by atoms with E-state index >= 15 is 0 Å². The van der Waals surface area contributed by atoms with Crippen molar-refractivity contribution in [3.63, 3.8) is 0 Å². The highest BCUT2D eigenvalue weighted by Crippen LogP contribution is 2.23. The highest BCUT2D eigenvalue weighted by molar-refractivity contribution is 9.10. The van der Waals surface area contributed by atoms with Gasteiger partial charge in [-0.05, 0) is 45.4 Å². The van der Waals surface area contributed by atoms with Crippen molar-refractivity contribution in [3.05, 3.63) is 56.7 Å². The van der Waals surface area contributed by atoms with Gasteiger partial charge in [0.1, 0.15) is 0 Å². The maximum absolute atomic E-state index is 6.28. The molecule has 0 spiro atoms. The first kappa shape index (κ1) is 14.7. The lowest BCUT2D eigenvalue weighted by atomic mass is 9.95. The quantitative estimate of drug-likeness (QED) is 0.837. The molecule has 2 unspecified atom stereocenters. The Balaban J connectivity index is 1.81. The third-order valence-electron chi connectivity index (χ3n) is 3.24. The summed E-state index contributed by atoms with van der Waals surface area (Å²) in [6.07, 6.45) is 0. The molecule has 0 aliphatic rings. The van der Waals surface area contributed by atoms with Crippen molar-refractivity contribution >= 4 is 27.3 Å². The Hall–Kier alpha value is -0.680. The summed E-state index contributed by atoms with van der Waals surface area (Å²) in [5.41, 5.74) is 7.48. The van der Waals surface area contributed by atoms with E-state index in [9.17, 15) is 0 Å². The minimum atomic E-state index is 0.0838. The normalized spacial score (nSPS) is 14.3. The van der Waals surface area contributed by atoms with E-state index in [-0.39, 0.29) is 6.04 Å². The van der Waals surface area contributed by atoms with Crippen molar-refractivity contribution in [2.45, 2.75) is 19.5 Å². The summed E-state index contributed by atoms with van der Waals surface area (Å²) in [5.74, 6) is 0.404. The first-order chi connectivity index (χ1) is 9.18. The number of halogens is 1. The molecule has 0 bridgehead atoms. The lowest BCUT2D eigenvalue weighted by Crippen LogP contribution is -2.29. The third-order valence-corrected chi connectivity index (χ3v) is 5.17. The summed E-state index contributed by atoms with van der Waals surface area (Å²) in [7, 11) is 0. The predicted molar refractivity (Wildman–Crippen MR) is 86.3 cm³/mol. The van der Waals surface area contributed by atoms with Crippen molar-refractivity contribution in [3.8, 4) is 0 Å². The van der Waals surface area contributed by atoms with Gasteiger partial charge in [-0.3, -0.25) is 0 Å². The maximum Gasteiger partial charge on any atom is 0.0333 e. The Bertz CT molecular complexity index is 498. The second-order valence-corrected chi connectivity index (χ2v) is 6.59. The van der Waals surface area contributed by atoms with Crippen LogP contribution in [0.25, 0.3) is 0 Å². The van der Waals surface area contributed by atoms with Crippen LogP contribution < -0.4 is 11.1 Å². The van der Waals surface area contributed by atoms with Crippen LogP contribution in [0.3, 0.4) is 0 Å². The Morgan fingerprint density at radius 3 is 2.63 bits per heavy atom. The van der Waals surface area contributed by atoms with Crippen LogP contribution >= 0.6 is 27.3 Å². The maximum atomic E-state index is 6.28. The lowest BCUT2D eigenvalue weighted by molar-refractivity contribution is 0.435. The lowest BCUT2D eigenvalue weighted by Gasteiger charge is -2.20. The van der Waals surface area contributed by atoms with Crippen LogP contribution in [0.15, 0.2) is 46.3 Å². The smallest absolute Gasteiger partial charge is 0.0333 e. The first-order valence-corrected chi connectivity index (χ1v) is 8.09. The van der Waals surface area contributed by atoms with Gasteiger partial charge in [0.25, 0.3) is 0 Å². The molecule has 0 saturated carbocycles. The van der Waals surface area contributed by atoms with Crippen molar-refractivity contribution in [1.82, 2.24) is 5.32 Å². The molecule has 1 aromatic carbocycles. The van der Waals surface area contributed by atoms with Crippen molar-refractivity contribution < 1.29 is 0 Å². The SMILES string of the molecule is CC(CNCc1sccc1Br)C(N)c1ccccc1. The van der Waals surface area contributed by atoms with Crippen molar-refractivity contribution in [2.75, 3.05) is 6.54 Å². The number of nitrogens with one attached hydrogen (secondary N) is 1. The van der Waals surface area contributed by atoms with Crippen LogP contribution in [0.5, 0.6) is 0 Å². The fourth-order valence-corrected chi connectivity index (χ4v) is 3.46. The van der Waals surface area contributed by atoms with Crippen LogP contribution in [0, 0.1) is 5.92 Å². The van der Waals surface area contributed by atoms with E-state index in [2.05, 4.69) is 51.7 Å². The van der Waals surface area contributed by atoms with Gasteiger partial charge in [-0.15, -0.1) is 11.3 Å². The molecule has 0 saturated heterocycles. The molecule has 2 nitrogen and oxygen atoms in total. The molecule has 2 atom stereocenters. The zero-order valence-electron chi connectivity index (χ0n) is 11.0. The zero-order chi connectivity index (χ0) is 13.7. The Kier molecular flexibility index (Phi) is 5.58. The zero-order valence-corrected chi connectivity index (χ0v) is 13.4. The second-order valence-electron chi connectivity index (χ2n) is 4.74. The van der Waals surface area contributed by atoms with Crippen molar-refractivity contribution in [1.29, 1.82) is 0 Å². The number of rotatable bonds is 6. The molecule has 2 rings (SSSR count). The van der Waals surface area contributed by atoms with Crippen molar-refractivity contribution in [2.24, 2.45) is 11.7 Å². The van der Waals surface area contributed by atoms with E-state index in [0.717, 1.165) is 13.1 Å². The molecular weight excluding hydrogens is 320 g/mol. The topological polar surface area (TPSA) is 38.0 Å². The number of nitrogens with two attached hydrogens (primary N) is 1. The molecule has 3 N–H and O–H groups in total. The molecule has 0 fully saturated rings. The van der Waals surface area contributed by atoms with Gasteiger partial charge < -0.3 is 11.1 Å². The second kappa shape index (κ2) is 7.20. The Labute approximate surface area is 127 Å². The standard InChI is InChI=1S/C15H19BrN2S/c1-11(15(17)12-5-3-2-4-6-12)9-18-10-14-13(16)7-8-19-14/h2-8,11,15,18H,9-10,17H2,1H3. The number of hydrogen-bond acceptors (Lipinski definition) is 3. The Morgan fingerprint density at radius 2 is 2.00 bits per heavy atom. The minimum absolute atomic E-state index is 0.0838. The Morgan fingerprint density at radius 1 is 1.26 bits per heavy atom. The summed E-state index contributed by atoms with van der Waals surface area (Å²) in [6, 6.07) is 12.5. The fraction of sp³-hybridized carbons (Fsp3) is 0.333. The highest BCUT2D eigenvalue weighted by atomic mass is 79.9. The number of benzene rings is 1. The average molecular weight is 339 g/mol.